The Labute approximate surface area is 98.1 Å². The van der Waals surface area contributed by atoms with Gasteiger partial charge in [-0.1, -0.05) is 0 Å². The molecule has 84 valence electrons. The van der Waals surface area contributed by atoms with Crippen LogP contribution in [0.3, 0.4) is 0 Å². The van der Waals surface area contributed by atoms with E-state index in [0.717, 1.165) is 30.3 Å². The monoisotopic (exact) mass is 234 g/mol. The highest BCUT2D eigenvalue weighted by molar-refractivity contribution is 7.18. The van der Waals surface area contributed by atoms with Crippen LogP contribution >= 0.6 is 11.3 Å². The largest absolute Gasteiger partial charge is 0.355 e. The Bertz CT molecular complexity index is 516. The maximum Gasteiger partial charge on any atom is 0.140 e. The number of aryl methyl sites for hydroxylation is 1. The molecule has 0 atom stereocenters. The Kier molecular flexibility index (Phi) is 2.29. The molecule has 0 aromatic carbocycles. The van der Waals surface area contributed by atoms with Gasteiger partial charge in [-0.25, -0.2) is 9.97 Å². The highest BCUT2D eigenvalue weighted by atomic mass is 32.1. The predicted octanol–water partition coefficient (Wildman–Crippen LogP) is 1.39. The van der Waals surface area contributed by atoms with Crippen molar-refractivity contribution in [3.63, 3.8) is 0 Å². The standard InChI is InChI=1S/C11H14N4S/c1-7-2-9-10(13-6-14-11(9)16-7)15-4-8(3-12)5-15/h2,6,8H,3-5,12H2,1H3. The molecule has 1 aliphatic heterocycles. The highest BCUT2D eigenvalue weighted by Gasteiger charge is 2.27. The van der Waals surface area contributed by atoms with E-state index in [1.54, 1.807) is 17.7 Å². The fraction of sp³-hybridized carbons (Fsp3) is 0.455. The lowest BCUT2D eigenvalue weighted by Gasteiger charge is -2.39. The van der Waals surface area contributed by atoms with Crippen molar-refractivity contribution in [3.8, 4) is 0 Å². The molecule has 0 bridgehead atoms. The molecule has 1 saturated heterocycles. The van der Waals surface area contributed by atoms with Gasteiger partial charge in [0.05, 0.1) is 5.39 Å². The van der Waals surface area contributed by atoms with E-state index in [1.165, 1.54) is 10.3 Å². The van der Waals surface area contributed by atoms with E-state index in [4.69, 9.17) is 5.73 Å². The summed E-state index contributed by atoms with van der Waals surface area (Å²) in [7, 11) is 0. The van der Waals surface area contributed by atoms with Crippen molar-refractivity contribution >= 4 is 27.4 Å². The van der Waals surface area contributed by atoms with Gasteiger partial charge >= 0.3 is 0 Å². The van der Waals surface area contributed by atoms with Gasteiger partial charge in [0.2, 0.25) is 0 Å². The van der Waals surface area contributed by atoms with Crippen LogP contribution in [0.2, 0.25) is 0 Å². The zero-order valence-electron chi connectivity index (χ0n) is 9.18. The normalized spacial score (nSPS) is 16.8. The van der Waals surface area contributed by atoms with E-state index in [9.17, 15) is 0 Å². The molecule has 1 aliphatic rings. The van der Waals surface area contributed by atoms with E-state index in [2.05, 4.69) is 27.9 Å². The first-order valence-corrected chi connectivity index (χ1v) is 6.25. The number of fused-ring (bicyclic) bond motifs is 1. The molecule has 2 N–H and O–H groups in total. The summed E-state index contributed by atoms with van der Waals surface area (Å²) in [6, 6.07) is 2.17. The minimum Gasteiger partial charge on any atom is -0.355 e. The minimum atomic E-state index is 0.629. The Hall–Kier alpha value is -1.20. The smallest absolute Gasteiger partial charge is 0.140 e. The summed E-state index contributed by atoms with van der Waals surface area (Å²) < 4.78 is 0. The molecule has 2 aromatic heterocycles. The summed E-state index contributed by atoms with van der Waals surface area (Å²) in [5, 5.41) is 1.18. The third-order valence-electron chi connectivity index (χ3n) is 3.02. The number of nitrogens with zero attached hydrogens (tertiary/aromatic N) is 3. The molecule has 3 rings (SSSR count). The van der Waals surface area contributed by atoms with Crippen molar-refractivity contribution in [1.29, 1.82) is 0 Å². The zero-order valence-corrected chi connectivity index (χ0v) is 10.00. The maximum absolute atomic E-state index is 5.63. The van der Waals surface area contributed by atoms with Gasteiger partial charge in [0, 0.05) is 23.9 Å². The van der Waals surface area contributed by atoms with Crippen molar-refractivity contribution in [1.82, 2.24) is 9.97 Å². The average molecular weight is 234 g/mol. The molecule has 0 amide bonds. The summed E-state index contributed by atoms with van der Waals surface area (Å²) in [5.74, 6) is 1.70. The van der Waals surface area contributed by atoms with Crippen LogP contribution in [0.1, 0.15) is 4.88 Å². The lowest BCUT2D eigenvalue weighted by Crippen LogP contribution is -2.50. The van der Waals surface area contributed by atoms with E-state index in [0.29, 0.717) is 5.92 Å². The highest BCUT2D eigenvalue weighted by Crippen LogP contribution is 2.32. The summed E-state index contributed by atoms with van der Waals surface area (Å²) in [6.07, 6.45) is 1.66. The molecule has 2 aromatic rings. The van der Waals surface area contributed by atoms with E-state index >= 15 is 0 Å². The SMILES string of the molecule is Cc1cc2c(N3CC(CN)C3)ncnc2s1. The maximum atomic E-state index is 5.63. The van der Waals surface area contributed by atoms with Crippen LogP contribution in [0.5, 0.6) is 0 Å². The molecule has 0 spiro atoms. The molecule has 16 heavy (non-hydrogen) atoms. The third kappa shape index (κ3) is 1.47. The molecule has 0 unspecified atom stereocenters. The Morgan fingerprint density at radius 1 is 1.50 bits per heavy atom. The van der Waals surface area contributed by atoms with Gasteiger partial charge in [-0.3, -0.25) is 0 Å². The third-order valence-corrected chi connectivity index (χ3v) is 3.98. The van der Waals surface area contributed by atoms with E-state index in [-0.39, 0.29) is 0 Å². The van der Waals surface area contributed by atoms with Crippen molar-refractivity contribution in [2.45, 2.75) is 6.92 Å². The van der Waals surface area contributed by atoms with Gasteiger partial charge in [-0.2, -0.15) is 0 Å². The number of nitrogens with two attached hydrogens (primary N) is 1. The van der Waals surface area contributed by atoms with Crippen LogP contribution in [-0.4, -0.2) is 29.6 Å². The second-order valence-corrected chi connectivity index (χ2v) is 5.51. The first-order chi connectivity index (χ1) is 7.78. The second-order valence-electron chi connectivity index (χ2n) is 4.28. The molecular formula is C11H14N4S. The number of hydrogen-bond acceptors (Lipinski definition) is 5. The number of rotatable bonds is 2. The quantitative estimate of drug-likeness (QED) is 0.853. The van der Waals surface area contributed by atoms with Gasteiger partial charge in [0.15, 0.2) is 0 Å². The van der Waals surface area contributed by atoms with Crippen LogP contribution in [0, 0.1) is 12.8 Å². The van der Waals surface area contributed by atoms with E-state index < -0.39 is 0 Å². The molecule has 1 fully saturated rings. The summed E-state index contributed by atoms with van der Waals surface area (Å²) >= 11 is 1.72. The van der Waals surface area contributed by atoms with Gasteiger partial charge in [0.25, 0.3) is 0 Å². The molecule has 5 heteroatoms. The summed E-state index contributed by atoms with van der Waals surface area (Å²) in [5.41, 5.74) is 5.63. The second kappa shape index (κ2) is 3.68. The molecule has 0 radical (unpaired) electrons. The van der Waals surface area contributed by atoms with Crippen LogP contribution in [0.25, 0.3) is 10.2 Å². The van der Waals surface area contributed by atoms with Gasteiger partial charge < -0.3 is 10.6 Å². The van der Waals surface area contributed by atoms with Crippen LogP contribution in [0.15, 0.2) is 12.4 Å². The molecule has 3 heterocycles. The van der Waals surface area contributed by atoms with Gasteiger partial charge in [-0.05, 0) is 19.5 Å². The Morgan fingerprint density at radius 2 is 2.31 bits per heavy atom. The lowest BCUT2D eigenvalue weighted by atomic mass is 10.0. The lowest BCUT2D eigenvalue weighted by molar-refractivity contribution is 0.418. The molecule has 0 aliphatic carbocycles. The Morgan fingerprint density at radius 3 is 3.06 bits per heavy atom. The average Bonchev–Trinajstić information content (AvgIpc) is 2.57. The van der Waals surface area contributed by atoms with Crippen molar-refractivity contribution < 1.29 is 0 Å². The van der Waals surface area contributed by atoms with Crippen molar-refractivity contribution in [2.75, 3.05) is 24.5 Å². The number of hydrogen-bond donors (Lipinski definition) is 1. The van der Waals surface area contributed by atoms with Gasteiger partial charge in [-0.15, -0.1) is 11.3 Å². The molecule has 4 nitrogen and oxygen atoms in total. The van der Waals surface area contributed by atoms with Gasteiger partial charge in [0.1, 0.15) is 17.0 Å². The van der Waals surface area contributed by atoms with Crippen LogP contribution in [0.4, 0.5) is 5.82 Å². The minimum absolute atomic E-state index is 0.629. The summed E-state index contributed by atoms with van der Waals surface area (Å²) in [4.78, 5) is 13.3. The van der Waals surface area contributed by atoms with Crippen LogP contribution < -0.4 is 10.6 Å². The van der Waals surface area contributed by atoms with E-state index in [1.807, 2.05) is 0 Å². The fourth-order valence-corrected chi connectivity index (χ4v) is 2.95. The first-order valence-electron chi connectivity index (χ1n) is 5.44. The van der Waals surface area contributed by atoms with Crippen LogP contribution in [-0.2, 0) is 0 Å². The number of aromatic nitrogens is 2. The topological polar surface area (TPSA) is 55.0 Å². The number of anilines is 1. The summed E-state index contributed by atoms with van der Waals surface area (Å²) in [6.45, 7) is 4.93. The first kappa shape index (κ1) is 9.99. The number of thiophene rings is 1. The molecule has 0 saturated carbocycles. The van der Waals surface area contributed by atoms with Crippen molar-refractivity contribution in [3.05, 3.63) is 17.3 Å². The predicted molar refractivity (Wildman–Crippen MR) is 66.9 cm³/mol. The molecular weight excluding hydrogens is 220 g/mol. The van der Waals surface area contributed by atoms with Crippen molar-refractivity contribution in [2.24, 2.45) is 11.7 Å². The Balaban J connectivity index is 1.98. The zero-order chi connectivity index (χ0) is 11.1. The fourth-order valence-electron chi connectivity index (χ4n) is 2.11.